The summed E-state index contributed by atoms with van der Waals surface area (Å²) in [6, 6.07) is 5.15. The van der Waals surface area contributed by atoms with Gasteiger partial charge in [0.25, 0.3) is 5.69 Å². The Kier molecular flexibility index (Phi) is 5.74. The van der Waals surface area contributed by atoms with Gasteiger partial charge >= 0.3 is 0 Å². The topological polar surface area (TPSA) is 52.9 Å². The summed E-state index contributed by atoms with van der Waals surface area (Å²) in [5.41, 5.74) is 2.32. The summed E-state index contributed by atoms with van der Waals surface area (Å²) in [5.74, 6) is 0. The van der Waals surface area contributed by atoms with Crippen molar-refractivity contribution in [2.24, 2.45) is 0 Å². The van der Waals surface area contributed by atoms with Gasteiger partial charge in [-0.25, -0.2) is 0 Å². The zero-order valence-corrected chi connectivity index (χ0v) is 13.8. The van der Waals surface area contributed by atoms with E-state index in [0.717, 1.165) is 56.8 Å². The number of aryl methyl sites for hydroxylation is 1. The maximum atomic E-state index is 11.0. The molecule has 0 atom stereocenters. The molecule has 0 aromatic heterocycles. The van der Waals surface area contributed by atoms with Crippen LogP contribution in [-0.2, 0) is 6.42 Å². The highest BCUT2D eigenvalue weighted by Crippen LogP contribution is 2.25. The minimum absolute atomic E-state index is 0.181. The van der Waals surface area contributed by atoms with E-state index in [2.05, 4.69) is 16.8 Å². The molecule has 0 spiro atoms. The van der Waals surface area contributed by atoms with E-state index >= 15 is 0 Å². The molecule has 1 aliphatic rings. The minimum atomic E-state index is -0.316. The molecule has 0 saturated carbocycles. The fourth-order valence-electron chi connectivity index (χ4n) is 2.89. The Morgan fingerprint density at radius 3 is 2.50 bits per heavy atom. The third kappa shape index (κ3) is 4.42. The zero-order chi connectivity index (χ0) is 16.1. The van der Waals surface area contributed by atoms with Crippen molar-refractivity contribution in [2.45, 2.75) is 12.8 Å². The normalized spacial score (nSPS) is 16.7. The van der Waals surface area contributed by atoms with Crippen LogP contribution in [0.3, 0.4) is 0 Å². The molecule has 1 saturated heterocycles. The number of hydrogen-bond acceptors (Lipinski definition) is 5. The molecule has 0 bridgehead atoms. The number of rotatable bonds is 6. The van der Waals surface area contributed by atoms with Crippen LogP contribution in [0.5, 0.6) is 0 Å². The van der Waals surface area contributed by atoms with Gasteiger partial charge in [0, 0.05) is 58.1 Å². The molecule has 1 aromatic carbocycles. The molecule has 1 aromatic rings. The van der Waals surface area contributed by atoms with Crippen LogP contribution < -0.4 is 4.90 Å². The molecule has 2 rings (SSSR count). The molecule has 6 nitrogen and oxygen atoms in total. The first-order chi connectivity index (χ1) is 10.5. The van der Waals surface area contributed by atoms with Gasteiger partial charge < -0.3 is 14.7 Å². The first-order valence-electron chi connectivity index (χ1n) is 7.83. The minimum Gasteiger partial charge on any atom is -0.377 e. The molecule has 1 heterocycles. The first kappa shape index (κ1) is 16.7. The van der Waals surface area contributed by atoms with Gasteiger partial charge in [-0.05, 0) is 38.1 Å². The molecule has 22 heavy (non-hydrogen) atoms. The van der Waals surface area contributed by atoms with E-state index in [9.17, 15) is 10.1 Å². The Balaban J connectivity index is 1.95. The summed E-state index contributed by atoms with van der Waals surface area (Å²) >= 11 is 0. The zero-order valence-electron chi connectivity index (χ0n) is 13.8. The lowest BCUT2D eigenvalue weighted by Crippen LogP contribution is -2.44. The number of non-ortho nitro benzene ring substituents is 1. The number of nitrogens with zero attached hydrogens (tertiary/aromatic N) is 4. The number of benzene rings is 1. The third-order valence-electron chi connectivity index (χ3n) is 4.27. The van der Waals surface area contributed by atoms with E-state index < -0.39 is 0 Å². The van der Waals surface area contributed by atoms with Crippen molar-refractivity contribution in [3.63, 3.8) is 0 Å². The molecule has 0 unspecified atom stereocenters. The molecule has 0 aliphatic carbocycles. The summed E-state index contributed by atoms with van der Waals surface area (Å²) < 4.78 is 0. The highest BCUT2D eigenvalue weighted by molar-refractivity contribution is 5.57. The molecule has 0 radical (unpaired) electrons. The molecule has 6 heteroatoms. The number of likely N-dealkylation sites (N-methyl/N-ethyl adjacent to an activating group) is 1. The van der Waals surface area contributed by atoms with E-state index in [1.54, 1.807) is 12.1 Å². The van der Waals surface area contributed by atoms with Crippen molar-refractivity contribution in [1.29, 1.82) is 0 Å². The number of hydrogen-bond donors (Lipinski definition) is 0. The second kappa shape index (κ2) is 7.56. The van der Waals surface area contributed by atoms with Gasteiger partial charge in [-0.3, -0.25) is 10.1 Å². The van der Waals surface area contributed by atoms with E-state index in [4.69, 9.17) is 0 Å². The summed E-state index contributed by atoms with van der Waals surface area (Å²) in [4.78, 5) is 17.5. The van der Waals surface area contributed by atoms with Crippen molar-refractivity contribution in [2.75, 3.05) is 58.8 Å². The van der Waals surface area contributed by atoms with Crippen LogP contribution in [0.15, 0.2) is 18.2 Å². The van der Waals surface area contributed by atoms with Crippen molar-refractivity contribution < 1.29 is 4.92 Å². The van der Waals surface area contributed by atoms with E-state index in [-0.39, 0.29) is 10.6 Å². The van der Waals surface area contributed by atoms with Gasteiger partial charge in [0.05, 0.1) is 4.92 Å². The number of nitro benzene ring substituents is 1. The lowest BCUT2D eigenvalue weighted by molar-refractivity contribution is -0.384. The monoisotopic (exact) mass is 306 g/mol. The van der Waals surface area contributed by atoms with Crippen LogP contribution in [0, 0.1) is 10.1 Å². The highest BCUT2D eigenvalue weighted by Gasteiger charge is 2.15. The van der Waals surface area contributed by atoms with E-state index in [1.807, 2.05) is 25.1 Å². The van der Waals surface area contributed by atoms with Gasteiger partial charge in [-0.1, -0.05) is 0 Å². The SMILES string of the molecule is CN1CCN(CCCc2cc([N+](=O)[O-])ccc2N(C)C)CC1. The molecule has 0 amide bonds. The highest BCUT2D eigenvalue weighted by atomic mass is 16.6. The predicted octanol–water partition coefficient (Wildman–Crippen LogP) is 1.84. The number of anilines is 1. The van der Waals surface area contributed by atoms with Crippen LogP contribution in [0.2, 0.25) is 0 Å². The van der Waals surface area contributed by atoms with Crippen molar-refractivity contribution in [3.8, 4) is 0 Å². The molecular weight excluding hydrogens is 280 g/mol. The Labute approximate surface area is 132 Å². The second-order valence-corrected chi connectivity index (χ2v) is 6.21. The number of piperazine rings is 1. The second-order valence-electron chi connectivity index (χ2n) is 6.21. The van der Waals surface area contributed by atoms with Crippen LogP contribution in [-0.4, -0.2) is 68.6 Å². The summed E-state index contributed by atoms with van der Waals surface area (Å²) in [5, 5.41) is 11.0. The maximum absolute atomic E-state index is 11.0. The standard InChI is InChI=1S/C16H26N4O2/c1-17(2)16-7-6-15(20(21)22)13-14(16)5-4-8-19-11-9-18(3)10-12-19/h6-7,13H,4-5,8-12H2,1-3H3. The van der Waals surface area contributed by atoms with Crippen molar-refractivity contribution >= 4 is 11.4 Å². The average molecular weight is 306 g/mol. The quantitative estimate of drug-likeness (QED) is 0.593. The molecule has 1 fully saturated rings. The Bertz CT molecular complexity index is 511. The smallest absolute Gasteiger partial charge is 0.269 e. The van der Waals surface area contributed by atoms with Gasteiger partial charge in [-0.15, -0.1) is 0 Å². The molecule has 122 valence electrons. The maximum Gasteiger partial charge on any atom is 0.269 e. The molecule has 1 aliphatic heterocycles. The van der Waals surface area contributed by atoms with Crippen molar-refractivity contribution in [1.82, 2.24) is 9.80 Å². The lowest BCUT2D eigenvalue weighted by atomic mass is 10.1. The Morgan fingerprint density at radius 1 is 1.23 bits per heavy atom. The van der Waals surface area contributed by atoms with Crippen LogP contribution in [0.1, 0.15) is 12.0 Å². The van der Waals surface area contributed by atoms with Gasteiger partial charge in [0.2, 0.25) is 0 Å². The van der Waals surface area contributed by atoms with Gasteiger partial charge in [0.15, 0.2) is 0 Å². The number of nitro groups is 1. The fraction of sp³-hybridized carbons (Fsp3) is 0.625. The van der Waals surface area contributed by atoms with E-state index in [1.165, 1.54) is 0 Å². The van der Waals surface area contributed by atoms with Crippen LogP contribution in [0.25, 0.3) is 0 Å². The largest absolute Gasteiger partial charge is 0.377 e. The Hall–Kier alpha value is -1.66. The van der Waals surface area contributed by atoms with Crippen LogP contribution >= 0.6 is 0 Å². The lowest BCUT2D eigenvalue weighted by Gasteiger charge is -2.32. The summed E-state index contributed by atoms with van der Waals surface area (Å²) in [7, 11) is 6.11. The first-order valence-corrected chi connectivity index (χ1v) is 7.83. The molecular formula is C16H26N4O2. The molecule has 0 N–H and O–H groups in total. The van der Waals surface area contributed by atoms with Crippen LogP contribution in [0.4, 0.5) is 11.4 Å². The Morgan fingerprint density at radius 2 is 1.91 bits per heavy atom. The summed E-state index contributed by atoms with van der Waals surface area (Å²) in [6.45, 7) is 5.54. The summed E-state index contributed by atoms with van der Waals surface area (Å²) in [6.07, 6.45) is 1.91. The predicted molar refractivity (Wildman–Crippen MR) is 89.7 cm³/mol. The van der Waals surface area contributed by atoms with Gasteiger partial charge in [0.1, 0.15) is 0 Å². The van der Waals surface area contributed by atoms with Gasteiger partial charge in [-0.2, -0.15) is 0 Å². The average Bonchev–Trinajstić information content (AvgIpc) is 2.49. The van der Waals surface area contributed by atoms with E-state index in [0.29, 0.717) is 0 Å². The third-order valence-corrected chi connectivity index (χ3v) is 4.27. The van der Waals surface area contributed by atoms with Crippen molar-refractivity contribution in [3.05, 3.63) is 33.9 Å². The fourth-order valence-corrected chi connectivity index (χ4v) is 2.89.